The van der Waals surface area contributed by atoms with Gasteiger partial charge in [-0.2, -0.15) is 0 Å². The van der Waals surface area contributed by atoms with Crippen LogP contribution < -0.4 is 5.32 Å². The Hall–Kier alpha value is -0.260. The number of likely N-dealkylation sites (N-methyl/N-ethyl adjacent to an activating group) is 1. The van der Waals surface area contributed by atoms with E-state index < -0.39 is 0 Å². The van der Waals surface area contributed by atoms with Crippen LogP contribution in [0, 0.1) is 0 Å². The highest BCUT2D eigenvalue weighted by atomic mass is 32.2. The molecule has 1 amide bonds. The summed E-state index contributed by atoms with van der Waals surface area (Å²) in [6.45, 7) is 2.87. The lowest BCUT2D eigenvalue weighted by Gasteiger charge is -2.25. The van der Waals surface area contributed by atoms with E-state index in [1.54, 1.807) is 11.8 Å². The number of hydrogen-bond donors (Lipinski definition) is 1. The van der Waals surface area contributed by atoms with Gasteiger partial charge in [0.15, 0.2) is 0 Å². The molecule has 2 rings (SSSR count). The standard InChI is InChI=1S/C13H24N2O2S/c1-15(11-5-6-14-8-11)13(16)10-18-9-12-4-2-3-7-17-12/h11-12,14H,2-10H2,1H3. The first-order valence-electron chi connectivity index (χ1n) is 6.93. The number of hydrogen-bond acceptors (Lipinski definition) is 4. The molecule has 2 unspecified atom stereocenters. The van der Waals surface area contributed by atoms with Crippen LogP contribution in [0.15, 0.2) is 0 Å². The van der Waals surface area contributed by atoms with Crippen LogP contribution in [0.5, 0.6) is 0 Å². The first-order valence-corrected chi connectivity index (χ1v) is 8.08. The second-order valence-corrected chi connectivity index (χ2v) is 6.19. The highest BCUT2D eigenvalue weighted by Crippen LogP contribution is 2.18. The van der Waals surface area contributed by atoms with Crippen molar-refractivity contribution >= 4 is 17.7 Å². The minimum atomic E-state index is 0.254. The second kappa shape index (κ2) is 7.36. The molecule has 0 aliphatic carbocycles. The number of nitrogens with zero attached hydrogens (tertiary/aromatic N) is 1. The molecular formula is C13H24N2O2S. The van der Waals surface area contributed by atoms with E-state index in [-0.39, 0.29) is 5.91 Å². The molecule has 2 saturated heterocycles. The molecule has 1 N–H and O–H groups in total. The minimum absolute atomic E-state index is 0.254. The van der Waals surface area contributed by atoms with Crippen molar-refractivity contribution in [3.8, 4) is 0 Å². The predicted octanol–water partition coefficient (Wildman–Crippen LogP) is 1.11. The van der Waals surface area contributed by atoms with E-state index in [4.69, 9.17) is 4.74 Å². The number of ether oxygens (including phenoxy) is 1. The van der Waals surface area contributed by atoms with Gasteiger partial charge in [-0.3, -0.25) is 4.79 Å². The van der Waals surface area contributed by atoms with Crippen LogP contribution >= 0.6 is 11.8 Å². The fourth-order valence-electron chi connectivity index (χ4n) is 2.49. The third-order valence-corrected chi connectivity index (χ3v) is 4.84. The van der Waals surface area contributed by atoms with E-state index in [0.717, 1.165) is 38.3 Å². The molecule has 18 heavy (non-hydrogen) atoms. The van der Waals surface area contributed by atoms with Crippen molar-refractivity contribution in [3.63, 3.8) is 0 Å². The number of rotatable bonds is 5. The number of carbonyl (C=O) groups excluding carboxylic acids is 1. The average Bonchev–Trinajstić information content (AvgIpc) is 2.93. The Morgan fingerprint density at radius 1 is 1.44 bits per heavy atom. The molecule has 104 valence electrons. The molecule has 0 radical (unpaired) electrons. The normalized spacial score (nSPS) is 28.3. The lowest BCUT2D eigenvalue weighted by molar-refractivity contribution is -0.128. The molecule has 2 fully saturated rings. The van der Waals surface area contributed by atoms with Crippen LogP contribution in [-0.2, 0) is 9.53 Å². The highest BCUT2D eigenvalue weighted by molar-refractivity contribution is 7.99. The summed E-state index contributed by atoms with van der Waals surface area (Å²) < 4.78 is 5.66. The molecule has 0 aromatic carbocycles. The fraction of sp³-hybridized carbons (Fsp3) is 0.923. The highest BCUT2D eigenvalue weighted by Gasteiger charge is 2.23. The zero-order chi connectivity index (χ0) is 12.8. The van der Waals surface area contributed by atoms with Crippen molar-refractivity contribution in [2.45, 2.75) is 37.8 Å². The molecule has 0 aromatic heterocycles. The van der Waals surface area contributed by atoms with Crippen LogP contribution in [0.25, 0.3) is 0 Å². The SMILES string of the molecule is CN(C(=O)CSCC1CCCCO1)C1CCNC1. The zero-order valence-corrected chi connectivity index (χ0v) is 12.0. The monoisotopic (exact) mass is 272 g/mol. The van der Waals surface area contributed by atoms with Crippen LogP contribution in [0.1, 0.15) is 25.7 Å². The summed E-state index contributed by atoms with van der Waals surface area (Å²) in [4.78, 5) is 13.9. The van der Waals surface area contributed by atoms with Crippen molar-refractivity contribution < 1.29 is 9.53 Å². The first kappa shape index (κ1) is 14.2. The minimum Gasteiger partial charge on any atom is -0.377 e. The van der Waals surface area contributed by atoms with Crippen LogP contribution in [0.2, 0.25) is 0 Å². The third kappa shape index (κ3) is 4.14. The van der Waals surface area contributed by atoms with Gasteiger partial charge in [0.25, 0.3) is 0 Å². The van der Waals surface area contributed by atoms with Crippen LogP contribution in [-0.4, -0.2) is 61.2 Å². The Labute approximate surface area is 114 Å². The van der Waals surface area contributed by atoms with Gasteiger partial charge in [0, 0.05) is 32.0 Å². The van der Waals surface area contributed by atoms with Gasteiger partial charge in [0.1, 0.15) is 0 Å². The summed E-state index contributed by atoms with van der Waals surface area (Å²) in [5.74, 6) is 1.81. The van der Waals surface area contributed by atoms with Gasteiger partial charge in [0.2, 0.25) is 5.91 Å². The quantitative estimate of drug-likeness (QED) is 0.814. The van der Waals surface area contributed by atoms with Gasteiger partial charge in [-0.05, 0) is 32.2 Å². The van der Waals surface area contributed by atoms with Crippen LogP contribution in [0.3, 0.4) is 0 Å². The Balaban J connectivity index is 1.61. The fourth-order valence-corrected chi connectivity index (χ4v) is 3.51. The molecule has 2 aliphatic heterocycles. The van der Waals surface area contributed by atoms with Gasteiger partial charge >= 0.3 is 0 Å². The van der Waals surface area contributed by atoms with Crippen molar-refractivity contribution in [1.82, 2.24) is 10.2 Å². The smallest absolute Gasteiger partial charge is 0.232 e. The number of carbonyl (C=O) groups is 1. The first-order chi connectivity index (χ1) is 8.77. The van der Waals surface area contributed by atoms with Crippen molar-refractivity contribution in [2.24, 2.45) is 0 Å². The van der Waals surface area contributed by atoms with E-state index >= 15 is 0 Å². The van der Waals surface area contributed by atoms with Gasteiger partial charge in [-0.15, -0.1) is 11.8 Å². The zero-order valence-electron chi connectivity index (χ0n) is 11.2. The predicted molar refractivity (Wildman–Crippen MR) is 75.0 cm³/mol. The maximum atomic E-state index is 12.0. The Morgan fingerprint density at radius 3 is 3.00 bits per heavy atom. The number of thioether (sulfide) groups is 1. The molecule has 0 spiro atoms. The molecule has 2 heterocycles. The lowest BCUT2D eigenvalue weighted by atomic mass is 10.1. The Bertz CT molecular complexity index is 264. The molecule has 0 saturated carbocycles. The van der Waals surface area contributed by atoms with E-state index in [0.29, 0.717) is 17.9 Å². The average molecular weight is 272 g/mol. The summed E-state index contributed by atoms with van der Waals surface area (Å²) >= 11 is 1.72. The molecule has 2 atom stereocenters. The maximum absolute atomic E-state index is 12.0. The van der Waals surface area contributed by atoms with E-state index in [9.17, 15) is 4.79 Å². The number of amides is 1. The molecule has 5 heteroatoms. The van der Waals surface area contributed by atoms with Gasteiger partial charge in [-0.1, -0.05) is 0 Å². The van der Waals surface area contributed by atoms with E-state index in [2.05, 4.69) is 5.32 Å². The Morgan fingerprint density at radius 2 is 2.33 bits per heavy atom. The molecule has 2 aliphatic rings. The molecule has 0 bridgehead atoms. The topological polar surface area (TPSA) is 41.6 Å². The maximum Gasteiger partial charge on any atom is 0.232 e. The Kier molecular flexibility index (Phi) is 5.79. The molecular weight excluding hydrogens is 248 g/mol. The van der Waals surface area contributed by atoms with Crippen molar-refractivity contribution in [2.75, 3.05) is 38.2 Å². The van der Waals surface area contributed by atoms with Gasteiger partial charge in [-0.25, -0.2) is 0 Å². The largest absolute Gasteiger partial charge is 0.377 e. The molecule has 0 aromatic rings. The van der Waals surface area contributed by atoms with Crippen molar-refractivity contribution in [1.29, 1.82) is 0 Å². The van der Waals surface area contributed by atoms with E-state index in [1.807, 2.05) is 11.9 Å². The third-order valence-electron chi connectivity index (χ3n) is 3.78. The summed E-state index contributed by atoms with van der Waals surface area (Å²) in [5.41, 5.74) is 0. The molecule has 4 nitrogen and oxygen atoms in total. The van der Waals surface area contributed by atoms with Gasteiger partial charge < -0.3 is 15.0 Å². The second-order valence-electron chi connectivity index (χ2n) is 5.15. The summed E-state index contributed by atoms with van der Waals surface area (Å²) in [5, 5.41) is 3.30. The van der Waals surface area contributed by atoms with Crippen LogP contribution in [0.4, 0.5) is 0 Å². The summed E-state index contributed by atoms with van der Waals surface area (Å²) in [6.07, 6.45) is 5.07. The summed E-state index contributed by atoms with van der Waals surface area (Å²) in [6, 6.07) is 0.393. The van der Waals surface area contributed by atoms with E-state index in [1.165, 1.54) is 12.8 Å². The van der Waals surface area contributed by atoms with Gasteiger partial charge in [0.05, 0.1) is 11.9 Å². The lowest BCUT2D eigenvalue weighted by Crippen LogP contribution is -2.39. The number of nitrogens with one attached hydrogen (secondary N) is 1. The van der Waals surface area contributed by atoms with Crippen molar-refractivity contribution in [3.05, 3.63) is 0 Å². The summed E-state index contributed by atoms with van der Waals surface area (Å²) in [7, 11) is 1.93.